The van der Waals surface area contributed by atoms with E-state index in [1.807, 2.05) is 0 Å². The summed E-state index contributed by atoms with van der Waals surface area (Å²) in [5, 5.41) is 0. The fourth-order valence-corrected chi connectivity index (χ4v) is 3.04. The molecule has 0 aromatic heterocycles. The molecule has 0 amide bonds. The molecule has 3 heterocycles. The van der Waals surface area contributed by atoms with Gasteiger partial charge in [-0.2, -0.15) is 0 Å². The second kappa shape index (κ2) is 5.49. The van der Waals surface area contributed by atoms with Crippen LogP contribution >= 0.6 is 0 Å². The van der Waals surface area contributed by atoms with Gasteiger partial charge in [-0.05, 0) is 0 Å². The summed E-state index contributed by atoms with van der Waals surface area (Å²) in [6.45, 7) is 2.75. The summed E-state index contributed by atoms with van der Waals surface area (Å²) in [4.78, 5) is 33.9. The smallest absolute Gasteiger partial charge is 0.303 e. The Kier molecular flexibility index (Phi) is 3.79. The van der Waals surface area contributed by atoms with Crippen LogP contribution in [-0.2, 0) is 42.8 Å². The number of rotatable bonds is 3. The van der Waals surface area contributed by atoms with E-state index in [1.54, 1.807) is 0 Å². The molecule has 22 heavy (non-hydrogen) atoms. The molecule has 9 heteroatoms. The summed E-state index contributed by atoms with van der Waals surface area (Å²) in [5.41, 5.74) is 0. The normalized spacial score (nSPS) is 41.9. The molecular weight excluding hydrogens is 300 g/mol. The standard InChI is InChI=1S/C13H16O9/c1-4(14)17-7-10-8(18-5(2)15)12-9(19-6(3)16)11(7)21-13(20-10)22-12/h7-13H,1-3H3/t7-,8?,9?,10?,11?,12-,13?. The van der Waals surface area contributed by atoms with Crippen molar-refractivity contribution < 1.29 is 42.8 Å². The minimum atomic E-state index is -0.967. The van der Waals surface area contributed by atoms with Crippen LogP contribution < -0.4 is 0 Å². The van der Waals surface area contributed by atoms with Gasteiger partial charge >= 0.3 is 17.9 Å². The Morgan fingerprint density at radius 2 is 0.909 bits per heavy atom. The van der Waals surface area contributed by atoms with E-state index >= 15 is 0 Å². The Balaban J connectivity index is 1.91. The van der Waals surface area contributed by atoms with E-state index in [2.05, 4.69) is 0 Å². The van der Waals surface area contributed by atoms with Gasteiger partial charge in [0.15, 0.2) is 18.3 Å². The van der Waals surface area contributed by atoms with E-state index in [-0.39, 0.29) is 0 Å². The molecule has 4 bridgehead atoms. The Hall–Kier alpha value is -1.71. The molecule has 3 aliphatic heterocycles. The van der Waals surface area contributed by atoms with Crippen LogP contribution in [-0.4, -0.2) is 61.0 Å². The van der Waals surface area contributed by atoms with E-state index in [0.717, 1.165) is 0 Å². The van der Waals surface area contributed by atoms with Gasteiger partial charge < -0.3 is 28.4 Å². The van der Waals surface area contributed by atoms with E-state index in [4.69, 9.17) is 28.4 Å². The average Bonchev–Trinajstić information content (AvgIpc) is 2.39. The molecule has 4 rings (SSSR count). The zero-order valence-electron chi connectivity index (χ0n) is 12.2. The Bertz CT molecular complexity index is 420. The number of esters is 3. The van der Waals surface area contributed by atoms with Gasteiger partial charge in [0.1, 0.15) is 18.3 Å². The number of hydrogen-bond donors (Lipinski definition) is 0. The minimum absolute atomic E-state index is 0.547. The molecule has 0 aromatic carbocycles. The third-order valence-electron chi connectivity index (χ3n) is 3.65. The van der Waals surface area contributed by atoms with Crippen molar-refractivity contribution in [1.29, 1.82) is 0 Å². The molecule has 3 saturated heterocycles. The number of hydrogen-bond acceptors (Lipinski definition) is 9. The minimum Gasteiger partial charge on any atom is -0.457 e. The molecule has 0 aromatic rings. The highest BCUT2D eigenvalue weighted by Gasteiger charge is 2.66. The first kappa shape index (κ1) is 15.2. The number of carbonyl (C=O) groups excluding carboxylic acids is 3. The molecule has 4 aliphatic rings. The van der Waals surface area contributed by atoms with Crippen molar-refractivity contribution in [3.05, 3.63) is 0 Å². The topological polar surface area (TPSA) is 107 Å². The van der Waals surface area contributed by atoms with Gasteiger partial charge in [-0.1, -0.05) is 0 Å². The predicted octanol–water partition coefficient (Wildman–Crippen LogP) is -0.738. The molecule has 9 nitrogen and oxygen atoms in total. The van der Waals surface area contributed by atoms with Crippen molar-refractivity contribution in [2.45, 2.75) is 63.9 Å². The third kappa shape index (κ3) is 2.55. The predicted molar refractivity (Wildman–Crippen MR) is 65.1 cm³/mol. The van der Waals surface area contributed by atoms with Crippen LogP contribution in [0.15, 0.2) is 0 Å². The van der Waals surface area contributed by atoms with Crippen LogP contribution in [0, 0.1) is 0 Å². The molecule has 0 spiro atoms. The van der Waals surface area contributed by atoms with E-state index in [9.17, 15) is 14.4 Å². The molecule has 0 N–H and O–H groups in total. The van der Waals surface area contributed by atoms with Gasteiger partial charge in [-0.15, -0.1) is 0 Å². The Morgan fingerprint density at radius 1 is 0.636 bits per heavy atom. The number of ether oxygens (including phenoxy) is 6. The fourth-order valence-electron chi connectivity index (χ4n) is 3.04. The van der Waals surface area contributed by atoms with Crippen LogP contribution in [0.2, 0.25) is 0 Å². The Labute approximate surface area is 125 Å². The van der Waals surface area contributed by atoms with Crippen molar-refractivity contribution >= 4 is 17.9 Å². The first-order valence-electron chi connectivity index (χ1n) is 6.85. The molecule has 1 aliphatic carbocycles. The maximum Gasteiger partial charge on any atom is 0.303 e. The first-order valence-corrected chi connectivity index (χ1v) is 6.85. The highest BCUT2D eigenvalue weighted by atomic mass is 16.9. The van der Waals surface area contributed by atoms with E-state index in [0.29, 0.717) is 0 Å². The van der Waals surface area contributed by atoms with Gasteiger partial charge in [0.05, 0.1) is 0 Å². The van der Waals surface area contributed by atoms with Crippen molar-refractivity contribution in [3.8, 4) is 0 Å². The lowest BCUT2D eigenvalue weighted by molar-refractivity contribution is -0.479. The van der Waals surface area contributed by atoms with Crippen molar-refractivity contribution in [2.24, 2.45) is 0 Å². The SMILES string of the molecule is CC(=O)OC1C2OC3OC(C(OC(C)=O)[C@H]1O3)[C@H]2OC(C)=O. The summed E-state index contributed by atoms with van der Waals surface area (Å²) in [7, 11) is 0. The summed E-state index contributed by atoms with van der Waals surface area (Å²) in [6.07, 6.45) is -4.78. The molecule has 1 saturated carbocycles. The molecule has 0 atom stereocenters. The summed E-state index contributed by atoms with van der Waals surface area (Å²) in [6, 6.07) is 0. The summed E-state index contributed by atoms with van der Waals surface area (Å²) < 4.78 is 32.1. The van der Waals surface area contributed by atoms with Crippen molar-refractivity contribution in [3.63, 3.8) is 0 Å². The molecule has 0 radical (unpaired) electrons. The zero-order valence-corrected chi connectivity index (χ0v) is 12.2. The highest BCUT2D eigenvalue weighted by Crippen LogP contribution is 2.43. The van der Waals surface area contributed by atoms with Gasteiger partial charge in [-0.3, -0.25) is 14.4 Å². The monoisotopic (exact) mass is 316 g/mol. The van der Waals surface area contributed by atoms with Crippen LogP contribution in [0.3, 0.4) is 0 Å². The quantitative estimate of drug-likeness (QED) is 0.491. The Morgan fingerprint density at radius 3 is 1.14 bits per heavy atom. The van der Waals surface area contributed by atoms with E-state index in [1.165, 1.54) is 20.8 Å². The van der Waals surface area contributed by atoms with Crippen LogP contribution in [0.1, 0.15) is 20.8 Å². The lowest BCUT2D eigenvalue weighted by Crippen LogP contribution is -2.76. The molecule has 0 unspecified atom stereocenters. The highest BCUT2D eigenvalue weighted by molar-refractivity contribution is 5.68. The van der Waals surface area contributed by atoms with Crippen molar-refractivity contribution in [2.75, 3.05) is 0 Å². The number of carbonyl (C=O) groups is 3. The fraction of sp³-hybridized carbons (Fsp3) is 0.769. The molecule has 122 valence electrons. The van der Waals surface area contributed by atoms with E-state index < -0.39 is 61.0 Å². The average molecular weight is 316 g/mol. The second-order valence-electron chi connectivity index (χ2n) is 5.31. The summed E-state index contributed by atoms with van der Waals surface area (Å²) >= 11 is 0. The molecule has 4 fully saturated rings. The third-order valence-corrected chi connectivity index (χ3v) is 3.65. The summed E-state index contributed by atoms with van der Waals surface area (Å²) in [5.74, 6) is -1.64. The van der Waals surface area contributed by atoms with Gasteiger partial charge in [-0.25, -0.2) is 0 Å². The maximum atomic E-state index is 11.3. The lowest BCUT2D eigenvalue weighted by atomic mass is 9.82. The zero-order chi connectivity index (χ0) is 16.0. The van der Waals surface area contributed by atoms with Gasteiger partial charge in [0.2, 0.25) is 0 Å². The lowest BCUT2D eigenvalue weighted by Gasteiger charge is -2.57. The largest absolute Gasteiger partial charge is 0.457 e. The first-order chi connectivity index (χ1) is 10.4. The van der Waals surface area contributed by atoms with Crippen LogP contribution in [0.5, 0.6) is 0 Å². The van der Waals surface area contributed by atoms with Gasteiger partial charge in [0.25, 0.3) is 6.48 Å². The van der Waals surface area contributed by atoms with Crippen LogP contribution in [0.25, 0.3) is 0 Å². The van der Waals surface area contributed by atoms with Gasteiger partial charge in [0, 0.05) is 20.8 Å². The van der Waals surface area contributed by atoms with Crippen molar-refractivity contribution in [1.82, 2.24) is 0 Å². The van der Waals surface area contributed by atoms with Crippen LogP contribution in [0.4, 0.5) is 0 Å². The maximum absolute atomic E-state index is 11.3. The second-order valence-corrected chi connectivity index (χ2v) is 5.31. The molecular formula is C13H16O9.